The fraction of sp³-hybridized carbons (Fsp3) is 0.800. The lowest BCUT2D eigenvalue weighted by Gasteiger charge is -2.12. The van der Waals surface area contributed by atoms with Crippen molar-refractivity contribution < 1.29 is 18.7 Å². The van der Waals surface area contributed by atoms with E-state index in [9.17, 15) is 13.6 Å². The zero-order valence-electron chi connectivity index (χ0n) is 6.22. The maximum atomic E-state index is 12.5. The van der Waals surface area contributed by atoms with Crippen LogP contribution in [0.1, 0.15) is 0 Å². The molecule has 0 saturated heterocycles. The Morgan fingerprint density at radius 1 is 1.67 bits per heavy atom. The van der Waals surface area contributed by atoms with Crippen molar-refractivity contribution in [3.63, 3.8) is 0 Å². The Hall–Kier alpha value is -0.400. The number of rotatable bonds is 5. The number of thioether (sulfide) groups is 1. The standard InChI is InChI=1S/C5H10F2N2O2S/c6-5(7,4(11)9-8)3-12-2-1-10/h10H,1-3,8H2,(H,9,11). The Bertz CT molecular complexity index is 156. The maximum Gasteiger partial charge on any atom is 0.334 e. The maximum absolute atomic E-state index is 12.5. The molecule has 0 saturated carbocycles. The number of carbonyl (C=O) groups is 1. The molecule has 0 aromatic carbocycles. The second kappa shape index (κ2) is 5.28. The van der Waals surface area contributed by atoms with Crippen molar-refractivity contribution >= 4 is 17.7 Å². The Balaban J connectivity index is 3.78. The van der Waals surface area contributed by atoms with Gasteiger partial charge in [0.15, 0.2) is 0 Å². The number of aliphatic hydroxyl groups is 1. The van der Waals surface area contributed by atoms with Crippen LogP contribution in [-0.4, -0.2) is 35.0 Å². The number of nitrogens with one attached hydrogen (secondary N) is 1. The van der Waals surface area contributed by atoms with Gasteiger partial charge in [-0.3, -0.25) is 10.2 Å². The molecule has 0 aliphatic carbocycles. The fourth-order valence-corrected chi connectivity index (χ4v) is 1.10. The van der Waals surface area contributed by atoms with E-state index in [1.807, 2.05) is 0 Å². The Morgan fingerprint density at radius 2 is 2.25 bits per heavy atom. The first-order chi connectivity index (χ1) is 5.54. The second-order valence-electron chi connectivity index (χ2n) is 1.95. The summed E-state index contributed by atoms with van der Waals surface area (Å²) in [5, 5.41) is 8.27. The summed E-state index contributed by atoms with van der Waals surface area (Å²) < 4.78 is 25.1. The Morgan fingerprint density at radius 3 is 2.67 bits per heavy atom. The summed E-state index contributed by atoms with van der Waals surface area (Å²) in [5.74, 6) is -0.942. The molecule has 0 rings (SSSR count). The summed E-state index contributed by atoms with van der Waals surface area (Å²) in [7, 11) is 0. The van der Waals surface area contributed by atoms with Crippen LogP contribution >= 0.6 is 11.8 Å². The predicted octanol–water partition coefficient (Wildman–Crippen LogP) is -0.663. The van der Waals surface area contributed by atoms with Crippen LogP contribution in [0.3, 0.4) is 0 Å². The number of carbonyl (C=O) groups excluding carboxylic acids is 1. The van der Waals surface area contributed by atoms with E-state index in [-0.39, 0.29) is 12.4 Å². The molecule has 0 aromatic rings. The molecule has 0 fully saturated rings. The van der Waals surface area contributed by atoms with Gasteiger partial charge in [0, 0.05) is 5.75 Å². The number of aliphatic hydroxyl groups excluding tert-OH is 1. The van der Waals surface area contributed by atoms with E-state index in [4.69, 9.17) is 5.11 Å². The smallest absolute Gasteiger partial charge is 0.334 e. The number of amides is 1. The van der Waals surface area contributed by atoms with E-state index >= 15 is 0 Å². The van der Waals surface area contributed by atoms with Crippen molar-refractivity contribution in [1.29, 1.82) is 0 Å². The Labute approximate surface area is 72.5 Å². The van der Waals surface area contributed by atoms with Crippen molar-refractivity contribution in [1.82, 2.24) is 5.43 Å². The predicted molar refractivity (Wildman–Crippen MR) is 41.7 cm³/mol. The average Bonchev–Trinajstić information content (AvgIpc) is 2.03. The largest absolute Gasteiger partial charge is 0.396 e. The first-order valence-electron chi connectivity index (χ1n) is 3.12. The molecule has 0 unspecified atom stereocenters. The molecular weight excluding hydrogens is 190 g/mol. The number of nitrogens with two attached hydrogens (primary N) is 1. The molecule has 0 aliphatic rings. The van der Waals surface area contributed by atoms with Crippen LogP contribution in [0.15, 0.2) is 0 Å². The number of hydrazine groups is 1. The second-order valence-corrected chi connectivity index (χ2v) is 3.06. The molecular formula is C5H10F2N2O2S. The number of hydrogen-bond acceptors (Lipinski definition) is 4. The summed E-state index contributed by atoms with van der Waals surface area (Å²) >= 11 is 0.787. The van der Waals surface area contributed by atoms with Gasteiger partial charge in [0.1, 0.15) is 0 Å². The molecule has 4 N–H and O–H groups in total. The van der Waals surface area contributed by atoms with Crippen LogP contribution in [0.2, 0.25) is 0 Å². The minimum absolute atomic E-state index is 0.174. The number of hydrogen-bond donors (Lipinski definition) is 3. The first kappa shape index (κ1) is 11.6. The molecule has 12 heavy (non-hydrogen) atoms. The SMILES string of the molecule is NNC(=O)C(F)(F)CSCCO. The third kappa shape index (κ3) is 3.84. The molecule has 72 valence electrons. The highest BCUT2D eigenvalue weighted by molar-refractivity contribution is 7.99. The van der Waals surface area contributed by atoms with Gasteiger partial charge in [0.2, 0.25) is 0 Å². The number of halogens is 2. The topological polar surface area (TPSA) is 75.3 Å². The summed E-state index contributed by atoms with van der Waals surface area (Å²) in [6.45, 7) is -0.189. The van der Waals surface area contributed by atoms with Crippen molar-refractivity contribution in [3.05, 3.63) is 0 Å². The normalized spacial score (nSPS) is 11.3. The molecule has 1 amide bonds. The van der Waals surface area contributed by atoms with E-state index in [2.05, 4.69) is 5.84 Å². The molecule has 0 spiro atoms. The van der Waals surface area contributed by atoms with Gasteiger partial charge in [0.25, 0.3) is 0 Å². The zero-order valence-corrected chi connectivity index (χ0v) is 7.03. The van der Waals surface area contributed by atoms with E-state index in [0.29, 0.717) is 0 Å². The molecule has 4 nitrogen and oxygen atoms in total. The van der Waals surface area contributed by atoms with E-state index in [1.165, 1.54) is 5.43 Å². The van der Waals surface area contributed by atoms with Gasteiger partial charge < -0.3 is 5.11 Å². The fourth-order valence-electron chi connectivity index (χ4n) is 0.436. The molecule has 0 aliphatic heterocycles. The van der Waals surface area contributed by atoms with Gasteiger partial charge in [-0.15, -0.1) is 0 Å². The van der Waals surface area contributed by atoms with Crippen LogP contribution in [-0.2, 0) is 4.79 Å². The Kier molecular flexibility index (Phi) is 5.11. The quantitative estimate of drug-likeness (QED) is 0.238. The van der Waals surface area contributed by atoms with Crippen LogP contribution in [0, 0.1) is 0 Å². The van der Waals surface area contributed by atoms with E-state index in [0.717, 1.165) is 11.8 Å². The summed E-state index contributed by atoms with van der Waals surface area (Å²) in [6, 6.07) is 0. The molecule has 0 radical (unpaired) electrons. The lowest BCUT2D eigenvalue weighted by Crippen LogP contribution is -2.45. The average molecular weight is 200 g/mol. The first-order valence-corrected chi connectivity index (χ1v) is 4.27. The van der Waals surface area contributed by atoms with Crippen molar-refractivity contribution in [3.8, 4) is 0 Å². The summed E-state index contributed by atoms with van der Waals surface area (Å²) in [6.07, 6.45) is 0. The van der Waals surface area contributed by atoms with Crippen LogP contribution in [0.4, 0.5) is 8.78 Å². The number of alkyl halides is 2. The molecule has 0 atom stereocenters. The highest BCUT2D eigenvalue weighted by Crippen LogP contribution is 2.19. The minimum Gasteiger partial charge on any atom is -0.396 e. The molecule has 7 heteroatoms. The van der Waals surface area contributed by atoms with E-state index in [1.54, 1.807) is 0 Å². The summed E-state index contributed by atoms with van der Waals surface area (Å²) in [5.41, 5.74) is 1.37. The lowest BCUT2D eigenvalue weighted by molar-refractivity contribution is -0.142. The lowest BCUT2D eigenvalue weighted by atomic mass is 10.4. The van der Waals surface area contributed by atoms with Gasteiger partial charge in [-0.2, -0.15) is 20.5 Å². The molecule has 0 heterocycles. The highest BCUT2D eigenvalue weighted by Gasteiger charge is 2.37. The van der Waals surface area contributed by atoms with Crippen LogP contribution in [0.25, 0.3) is 0 Å². The van der Waals surface area contributed by atoms with Gasteiger partial charge in [-0.25, -0.2) is 5.84 Å². The van der Waals surface area contributed by atoms with Gasteiger partial charge in [-0.1, -0.05) is 0 Å². The monoisotopic (exact) mass is 200 g/mol. The highest BCUT2D eigenvalue weighted by atomic mass is 32.2. The van der Waals surface area contributed by atoms with Crippen LogP contribution < -0.4 is 11.3 Å². The third-order valence-corrected chi connectivity index (χ3v) is 2.02. The van der Waals surface area contributed by atoms with Gasteiger partial charge >= 0.3 is 11.8 Å². The van der Waals surface area contributed by atoms with E-state index < -0.39 is 17.6 Å². The van der Waals surface area contributed by atoms with Crippen molar-refractivity contribution in [2.45, 2.75) is 5.92 Å². The molecule has 0 aromatic heterocycles. The summed E-state index contributed by atoms with van der Waals surface area (Å²) in [4.78, 5) is 10.4. The zero-order chi connectivity index (χ0) is 9.61. The van der Waals surface area contributed by atoms with Gasteiger partial charge in [0.05, 0.1) is 12.4 Å². The third-order valence-electron chi connectivity index (χ3n) is 0.982. The van der Waals surface area contributed by atoms with Gasteiger partial charge in [-0.05, 0) is 0 Å². The molecule has 0 bridgehead atoms. The van der Waals surface area contributed by atoms with Crippen molar-refractivity contribution in [2.75, 3.05) is 18.1 Å². The minimum atomic E-state index is -3.46. The van der Waals surface area contributed by atoms with Crippen molar-refractivity contribution in [2.24, 2.45) is 5.84 Å². The van der Waals surface area contributed by atoms with Crippen LogP contribution in [0.5, 0.6) is 0 Å².